The number of anilines is 4. The number of nitrogens with zero attached hydrogens (tertiary/aromatic N) is 2. The molecule has 0 unspecified atom stereocenters. The van der Waals surface area contributed by atoms with Crippen molar-refractivity contribution in [3.05, 3.63) is 30.6 Å². The Morgan fingerprint density at radius 1 is 1.13 bits per heavy atom. The van der Waals surface area contributed by atoms with Crippen molar-refractivity contribution in [1.82, 2.24) is 9.97 Å². The van der Waals surface area contributed by atoms with Gasteiger partial charge in [-0.1, -0.05) is 12.8 Å². The molecule has 122 valence electrons. The minimum Gasteiger partial charge on any atom is -0.494 e. The first kappa shape index (κ1) is 15.4. The summed E-state index contributed by atoms with van der Waals surface area (Å²) in [5.41, 5.74) is 7.67. The minimum atomic E-state index is 0.463. The predicted octanol–water partition coefficient (Wildman–Crippen LogP) is 3.56. The van der Waals surface area contributed by atoms with Crippen LogP contribution in [0.15, 0.2) is 30.6 Å². The number of nitrogens with two attached hydrogens (primary N) is 1. The normalized spacial score (nSPS) is 14.7. The Bertz CT molecular complexity index is 638. The molecular weight excluding hydrogens is 290 g/mol. The lowest BCUT2D eigenvalue weighted by molar-refractivity contribution is 0.340. The molecule has 1 aliphatic carbocycles. The molecule has 0 spiro atoms. The zero-order valence-electron chi connectivity index (χ0n) is 13.4. The van der Waals surface area contributed by atoms with E-state index in [9.17, 15) is 0 Å². The first-order chi connectivity index (χ1) is 11.3. The van der Waals surface area contributed by atoms with Gasteiger partial charge in [0.15, 0.2) is 11.6 Å². The molecule has 0 radical (unpaired) electrons. The Labute approximate surface area is 136 Å². The Morgan fingerprint density at radius 3 is 2.52 bits per heavy atom. The highest BCUT2D eigenvalue weighted by Crippen LogP contribution is 2.29. The lowest BCUT2D eigenvalue weighted by atomic mass is 10.2. The Balaban J connectivity index is 1.71. The summed E-state index contributed by atoms with van der Waals surface area (Å²) in [6.07, 6.45) is 6.40. The molecule has 1 heterocycles. The number of aromatic nitrogens is 2. The first-order valence-corrected chi connectivity index (χ1v) is 8.13. The zero-order valence-corrected chi connectivity index (χ0v) is 13.4. The lowest BCUT2D eigenvalue weighted by Crippen LogP contribution is -2.17. The van der Waals surface area contributed by atoms with Crippen LogP contribution >= 0.6 is 0 Å². The fraction of sp³-hybridized carbons (Fsp3) is 0.412. The molecule has 1 fully saturated rings. The average molecular weight is 313 g/mol. The van der Waals surface area contributed by atoms with Crippen LogP contribution in [0.5, 0.6) is 5.75 Å². The maximum Gasteiger partial charge on any atom is 0.159 e. The highest BCUT2D eigenvalue weighted by Gasteiger charge is 2.17. The van der Waals surface area contributed by atoms with Crippen molar-refractivity contribution in [3.63, 3.8) is 0 Å². The highest BCUT2D eigenvalue weighted by molar-refractivity contribution is 5.77. The van der Waals surface area contributed by atoms with E-state index in [-0.39, 0.29) is 0 Å². The summed E-state index contributed by atoms with van der Waals surface area (Å²) in [4.78, 5) is 8.52. The summed E-state index contributed by atoms with van der Waals surface area (Å²) >= 11 is 0. The summed E-state index contributed by atoms with van der Waals surface area (Å²) in [6.45, 7) is 2.62. The number of ether oxygens (including phenoxy) is 1. The van der Waals surface area contributed by atoms with E-state index in [1.165, 1.54) is 32.0 Å². The molecule has 0 atom stereocenters. The predicted molar refractivity (Wildman–Crippen MR) is 93.2 cm³/mol. The van der Waals surface area contributed by atoms with Gasteiger partial charge in [-0.2, -0.15) is 0 Å². The van der Waals surface area contributed by atoms with Gasteiger partial charge in [-0.25, -0.2) is 9.97 Å². The van der Waals surface area contributed by atoms with E-state index < -0.39 is 0 Å². The third-order valence-corrected chi connectivity index (χ3v) is 4.01. The van der Waals surface area contributed by atoms with E-state index in [0.29, 0.717) is 30.0 Å². The van der Waals surface area contributed by atoms with Crippen molar-refractivity contribution < 1.29 is 4.74 Å². The van der Waals surface area contributed by atoms with Crippen LogP contribution in [0.1, 0.15) is 32.6 Å². The Hall–Kier alpha value is -2.50. The van der Waals surface area contributed by atoms with Crippen LogP contribution < -0.4 is 21.1 Å². The molecule has 0 saturated heterocycles. The van der Waals surface area contributed by atoms with Crippen molar-refractivity contribution in [2.24, 2.45) is 0 Å². The SMILES string of the molecule is CCOc1ccc(Nc2ncnc(NC3CCCC3)c2N)cc1. The van der Waals surface area contributed by atoms with Gasteiger partial charge < -0.3 is 21.1 Å². The smallest absolute Gasteiger partial charge is 0.159 e. The molecule has 1 saturated carbocycles. The van der Waals surface area contributed by atoms with Gasteiger partial charge in [0, 0.05) is 11.7 Å². The van der Waals surface area contributed by atoms with E-state index in [4.69, 9.17) is 10.5 Å². The fourth-order valence-electron chi connectivity index (χ4n) is 2.81. The Morgan fingerprint density at radius 2 is 1.83 bits per heavy atom. The largest absolute Gasteiger partial charge is 0.494 e. The highest BCUT2D eigenvalue weighted by atomic mass is 16.5. The molecule has 6 nitrogen and oxygen atoms in total. The van der Waals surface area contributed by atoms with Gasteiger partial charge in [0.25, 0.3) is 0 Å². The molecular formula is C17H23N5O. The standard InChI is InChI=1S/C17H23N5O/c1-2-23-14-9-7-13(8-10-14)22-17-15(18)16(19-11-20-17)21-12-5-3-4-6-12/h7-12H,2-6,18H2,1H3,(H2,19,20,21,22). The molecule has 0 amide bonds. The molecule has 0 bridgehead atoms. The Kier molecular flexibility index (Phi) is 4.80. The van der Waals surface area contributed by atoms with E-state index in [0.717, 1.165) is 11.4 Å². The third-order valence-electron chi connectivity index (χ3n) is 4.01. The lowest BCUT2D eigenvalue weighted by Gasteiger charge is -2.16. The average Bonchev–Trinajstić information content (AvgIpc) is 3.06. The fourth-order valence-corrected chi connectivity index (χ4v) is 2.81. The maximum absolute atomic E-state index is 6.21. The first-order valence-electron chi connectivity index (χ1n) is 8.13. The summed E-state index contributed by atoms with van der Waals surface area (Å²) in [5, 5.41) is 6.66. The molecule has 1 aromatic carbocycles. The molecule has 4 N–H and O–H groups in total. The summed E-state index contributed by atoms with van der Waals surface area (Å²) in [7, 11) is 0. The van der Waals surface area contributed by atoms with Crippen LogP contribution in [-0.2, 0) is 0 Å². The van der Waals surface area contributed by atoms with Crippen LogP contribution in [0, 0.1) is 0 Å². The molecule has 0 aliphatic heterocycles. The third kappa shape index (κ3) is 3.83. The number of rotatable bonds is 6. The van der Waals surface area contributed by atoms with Crippen molar-refractivity contribution in [2.75, 3.05) is 23.0 Å². The monoisotopic (exact) mass is 313 g/mol. The van der Waals surface area contributed by atoms with E-state index in [1.54, 1.807) is 0 Å². The van der Waals surface area contributed by atoms with Gasteiger partial charge in [0.05, 0.1) is 6.61 Å². The number of benzene rings is 1. The van der Waals surface area contributed by atoms with Crippen LogP contribution in [0.4, 0.5) is 23.0 Å². The molecule has 2 aromatic rings. The van der Waals surface area contributed by atoms with E-state index in [1.807, 2.05) is 31.2 Å². The van der Waals surface area contributed by atoms with Crippen LogP contribution in [0.3, 0.4) is 0 Å². The molecule has 3 rings (SSSR count). The second kappa shape index (κ2) is 7.17. The summed E-state index contributed by atoms with van der Waals surface area (Å²) in [6, 6.07) is 8.18. The van der Waals surface area contributed by atoms with Crippen molar-refractivity contribution in [3.8, 4) is 5.75 Å². The number of nitrogen functional groups attached to an aromatic ring is 1. The van der Waals surface area contributed by atoms with Crippen LogP contribution in [-0.4, -0.2) is 22.6 Å². The summed E-state index contributed by atoms with van der Waals surface area (Å²) < 4.78 is 5.44. The second-order valence-electron chi connectivity index (χ2n) is 5.69. The van der Waals surface area contributed by atoms with Gasteiger partial charge in [0.2, 0.25) is 0 Å². The maximum atomic E-state index is 6.21. The van der Waals surface area contributed by atoms with Crippen molar-refractivity contribution >= 4 is 23.0 Å². The number of hydrogen-bond acceptors (Lipinski definition) is 6. The number of nitrogens with one attached hydrogen (secondary N) is 2. The second-order valence-corrected chi connectivity index (χ2v) is 5.69. The molecule has 1 aromatic heterocycles. The number of hydrogen-bond donors (Lipinski definition) is 3. The molecule has 1 aliphatic rings. The van der Waals surface area contributed by atoms with Gasteiger partial charge in [-0.15, -0.1) is 0 Å². The van der Waals surface area contributed by atoms with Gasteiger partial charge in [-0.05, 0) is 44.0 Å². The van der Waals surface area contributed by atoms with Crippen molar-refractivity contribution in [1.29, 1.82) is 0 Å². The molecule has 23 heavy (non-hydrogen) atoms. The van der Waals surface area contributed by atoms with Gasteiger partial charge in [0.1, 0.15) is 17.8 Å². The van der Waals surface area contributed by atoms with Gasteiger partial charge >= 0.3 is 0 Å². The van der Waals surface area contributed by atoms with Crippen LogP contribution in [0.2, 0.25) is 0 Å². The van der Waals surface area contributed by atoms with Crippen molar-refractivity contribution in [2.45, 2.75) is 38.6 Å². The zero-order chi connectivity index (χ0) is 16.1. The van der Waals surface area contributed by atoms with Gasteiger partial charge in [-0.3, -0.25) is 0 Å². The quantitative estimate of drug-likeness (QED) is 0.756. The topological polar surface area (TPSA) is 85.1 Å². The van der Waals surface area contributed by atoms with E-state index >= 15 is 0 Å². The molecule has 6 heteroatoms. The van der Waals surface area contributed by atoms with E-state index in [2.05, 4.69) is 20.6 Å². The summed E-state index contributed by atoms with van der Waals surface area (Å²) in [5.74, 6) is 2.17. The van der Waals surface area contributed by atoms with Crippen LogP contribution in [0.25, 0.3) is 0 Å². The minimum absolute atomic E-state index is 0.463.